The molecule has 0 amide bonds. The maximum absolute atomic E-state index is 12.0. The Balaban J connectivity index is 3.74. The zero-order valence-electron chi connectivity index (χ0n) is 22.1. The fraction of sp³-hybridized carbons (Fsp3) is 0.833. The molecule has 0 saturated carbocycles. The van der Waals surface area contributed by atoms with Gasteiger partial charge in [-0.1, -0.05) is 27.7 Å². The minimum absolute atomic E-state index is 0.245. The Labute approximate surface area is 213 Å². The number of rotatable bonds is 12. The van der Waals surface area contributed by atoms with Gasteiger partial charge in [-0.3, -0.25) is 38.8 Å². The largest absolute Gasteiger partial charge is 0.480 e. The monoisotopic (exact) mass is 516 g/mol. The summed E-state index contributed by atoms with van der Waals surface area (Å²) in [5.41, 5.74) is -1.42. The van der Waals surface area contributed by atoms with E-state index in [1.807, 2.05) is 37.5 Å². The molecule has 208 valence electrons. The second-order valence-electron chi connectivity index (χ2n) is 9.45. The third kappa shape index (κ3) is 7.86. The smallest absolute Gasteiger partial charge is 0.317 e. The Morgan fingerprint density at radius 2 is 0.750 bits per heavy atom. The molecule has 4 N–H and O–H groups in total. The SMILES string of the molecule is CCC1(CC)N(CC(=O)O)CCN(CC(=O)O)CCN(CC(=O)O)CCN(CC(=O)O)C1(CC)CC. The van der Waals surface area contributed by atoms with Crippen LogP contribution in [-0.2, 0) is 19.2 Å². The molecule has 36 heavy (non-hydrogen) atoms. The van der Waals surface area contributed by atoms with Crippen molar-refractivity contribution in [2.75, 3.05) is 65.4 Å². The molecule has 0 atom stereocenters. The predicted octanol–water partition coefficient (Wildman–Crippen LogP) is 0.664. The molecule has 0 radical (unpaired) electrons. The molecule has 1 rings (SSSR count). The molecule has 1 fully saturated rings. The van der Waals surface area contributed by atoms with Crippen LogP contribution in [0.3, 0.4) is 0 Å². The van der Waals surface area contributed by atoms with Gasteiger partial charge in [-0.25, -0.2) is 0 Å². The summed E-state index contributed by atoms with van der Waals surface area (Å²) in [5.74, 6) is -4.04. The van der Waals surface area contributed by atoms with Crippen LogP contribution in [0.15, 0.2) is 0 Å². The van der Waals surface area contributed by atoms with Crippen molar-refractivity contribution in [1.29, 1.82) is 0 Å². The number of carboxylic acids is 4. The van der Waals surface area contributed by atoms with Crippen molar-refractivity contribution in [2.45, 2.75) is 64.5 Å². The van der Waals surface area contributed by atoms with Crippen LogP contribution < -0.4 is 0 Å². The minimum Gasteiger partial charge on any atom is -0.480 e. The van der Waals surface area contributed by atoms with Gasteiger partial charge in [-0.2, -0.15) is 0 Å². The summed E-state index contributed by atoms with van der Waals surface area (Å²) in [6.07, 6.45) is 2.25. The van der Waals surface area contributed by atoms with Crippen molar-refractivity contribution >= 4 is 23.9 Å². The van der Waals surface area contributed by atoms with Gasteiger partial charge in [-0.15, -0.1) is 0 Å². The molecular formula is C24H44N4O8. The zero-order valence-corrected chi connectivity index (χ0v) is 22.1. The normalized spacial score (nSPS) is 20.8. The van der Waals surface area contributed by atoms with E-state index in [2.05, 4.69) is 0 Å². The highest BCUT2D eigenvalue weighted by Gasteiger charge is 2.54. The summed E-state index contributed by atoms with van der Waals surface area (Å²) in [6.45, 7) is 8.63. The van der Waals surface area contributed by atoms with E-state index >= 15 is 0 Å². The molecule has 12 nitrogen and oxygen atoms in total. The summed E-state index contributed by atoms with van der Waals surface area (Å²) in [5, 5.41) is 38.5. The van der Waals surface area contributed by atoms with Gasteiger partial charge in [0, 0.05) is 50.3 Å². The fourth-order valence-electron chi connectivity index (χ4n) is 6.24. The number of hydrogen-bond acceptors (Lipinski definition) is 8. The molecule has 0 spiro atoms. The molecule has 1 aliphatic rings. The van der Waals surface area contributed by atoms with E-state index < -0.39 is 35.0 Å². The Morgan fingerprint density at radius 1 is 0.500 bits per heavy atom. The average Bonchev–Trinajstić information content (AvgIpc) is 2.79. The van der Waals surface area contributed by atoms with Crippen molar-refractivity contribution < 1.29 is 39.6 Å². The molecule has 0 aromatic rings. The lowest BCUT2D eigenvalue weighted by atomic mass is 9.67. The quantitative estimate of drug-likeness (QED) is 0.287. The molecule has 1 aliphatic heterocycles. The van der Waals surface area contributed by atoms with E-state index in [4.69, 9.17) is 0 Å². The van der Waals surface area contributed by atoms with Crippen LogP contribution in [0.4, 0.5) is 0 Å². The summed E-state index contributed by atoms with van der Waals surface area (Å²) < 4.78 is 0. The van der Waals surface area contributed by atoms with Crippen molar-refractivity contribution in [3.8, 4) is 0 Å². The van der Waals surface area contributed by atoms with Crippen LogP contribution >= 0.6 is 0 Å². The van der Waals surface area contributed by atoms with Crippen LogP contribution in [0.5, 0.6) is 0 Å². The molecular weight excluding hydrogens is 472 g/mol. The fourth-order valence-corrected chi connectivity index (χ4v) is 6.24. The van der Waals surface area contributed by atoms with Gasteiger partial charge in [0.05, 0.1) is 26.2 Å². The number of nitrogens with zero attached hydrogens (tertiary/aromatic N) is 4. The molecule has 1 heterocycles. The van der Waals surface area contributed by atoms with Gasteiger partial charge in [0.15, 0.2) is 0 Å². The lowest BCUT2D eigenvalue weighted by molar-refractivity contribution is -0.153. The zero-order chi connectivity index (χ0) is 27.5. The standard InChI is InChI=1S/C24H44N4O8/c1-5-23(6-2)24(7-3,8-4)28(18-22(35)36)14-12-26(16-20(31)32)10-9-25(15-19(29)30)11-13-27(23)17-21(33)34/h5-18H2,1-4H3,(H,29,30)(H,31,32)(H,33,34)(H,35,36). The highest BCUT2D eigenvalue weighted by molar-refractivity contribution is 5.70. The lowest BCUT2D eigenvalue weighted by Crippen LogP contribution is -2.72. The van der Waals surface area contributed by atoms with Crippen molar-refractivity contribution in [1.82, 2.24) is 19.6 Å². The van der Waals surface area contributed by atoms with Crippen molar-refractivity contribution in [3.63, 3.8) is 0 Å². The molecule has 0 bridgehead atoms. The number of carbonyl (C=O) groups is 4. The van der Waals surface area contributed by atoms with Gasteiger partial charge in [0.2, 0.25) is 0 Å². The van der Waals surface area contributed by atoms with E-state index in [1.165, 1.54) is 0 Å². The first-order valence-electron chi connectivity index (χ1n) is 12.7. The molecule has 0 unspecified atom stereocenters. The summed E-state index contributed by atoms with van der Waals surface area (Å²) in [6, 6.07) is 0. The predicted molar refractivity (Wildman–Crippen MR) is 133 cm³/mol. The second kappa shape index (κ2) is 14.5. The molecule has 0 aliphatic carbocycles. The van der Waals surface area contributed by atoms with Gasteiger partial charge < -0.3 is 20.4 Å². The summed E-state index contributed by atoms with van der Waals surface area (Å²) in [7, 11) is 0. The van der Waals surface area contributed by atoms with Crippen molar-refractivity contribution in [2.24, 2.45) is 0 Å². The summed E-state index contributed by atoms with van der Waals surface area (Å²) >= 11 is 0. The maximum atomic E-state index is 12.0. The van der Waals surface area contributed by atoms with Crippen LogP contribution in [-0.4, -0.2) is 140 Å². The Hall–Kier alpha value is -2.28. The van der Waals surface area contributed by atoms with Crippen LogP contribution in [0.25, 0.3) is 0 Å². The summed E-state index contributed by atoms with van der Waals surface area (Å²) in [4.78, 5) is 54.3. The first kappa shape index (κ1) is 31.7. The van der Waals surface area contributed by atoms with Gasteiger partial charge in [-0.05, 0) is 25.7 Å². The Morgan fingerprint density at radius 3 is 0.972 bits per heavy atom. The van der Waals surface area contributed by atoms with Crippen LogP contribution in [0.1, 0.15) is 53.4 Å². The Kier molecular flexibility index (Phi) is 12.8. The Bertz CT molecular complexity index is 692. The highest BCUT2D eigenvalue weighted by Crippen LogP contribution is 2.44. The topological polar surface area (TPSA) is 162 Å². The third-order valence-corrected chi connectivity index (χ3v) is 7.89. The average molecular weight is 517 g/mol. The van der Waals surface area contributed by atoms with E-state index in [0.717, 1.165) is 0 Å². The first-order chi connectivity index (χ1) is 16.9. The third-order valence-electron chi connectivity index (χ3n) is 7.89. The van der Waals surface area contributed by atoms with Gasteiger partial charge in [0.25, 0.3) is 0 Å². The number of carboxylic acid groups (broad SMARTS) is 4. The molecule has 12 heteroatoms. The maximum Gasteiger partial charge on any atom is 0.317 e. The minimum atomic E-state index is -1.02. The molecule has 0 aromatic heterocycles. The van der Waals surface area contributed by atoms with Crippen LogP contribution in [0.2, 0.25) is 0 Å². The van der Waals surface area contributed by atoms with E-state index in [9.17, 15) is 39.6 Å². The molecule has 1 saturated heterocycles. The van der Waals surface area contributed by atoms with Gasteiger partial charge in [0.1, 0.15) is 0 Å². The van der Waals surface area contributed by atoms with E-state index in [1.54, 1.807) is 9.80 Å². The first-order valence-corrected chi connectivity index (χ1v) is 12.7. The van der Waals surface area contributed by atoms with Crippen molar-refractivity contribution in [3.05, 3.63) is 0 Å². The van der Waals surface area contributed by atoms with Crippen LogP contribution in [0, 0.1) is 0 Å². The second-order valence-corrected chi connectivity index (χ2v) is 9.45. The van der Waals surface area contributed by atoms with E-state index in [0.29, 0.717) is 25.7 Å². The van der Waals surface area contributed by atoms with E-state index in [-0.39, 0.29) is 65.4 Å². The highest BCUT2D eigenvalue weighted by atomic mass is 16.4. The lowest BCUT2D eigenvalue weighted by Gasteiger charge is -2.60. The molecule has 0 aromatic carbocycles. The number of hydrogen-bond donors (Lipinski definition) is 4. The van der Waals surface area contributed by atoms with Gasteiger partial charge >= 0.3 is 23.9 Å². The number of aliphatic carboxylic acids is 4.